The van der Waals surface area contributed by atoms with Crippen LogP contribution in [0.2, 0.25) is 0 Å². The zero-order chi connectivity index (χ0) is 20.5. The largest absolute Gasteiger partial charge is 0.417 e. The molecule has 2 aromatic rings. The first-order valence-corrected chi connectivity index (χ1v) is 9.31. The summed E-state index contributed by atoms with van der Waals surface area (Å²) in [4.78, 5) is 16.8. The van der Waals surface area contributed by atoms with Crippen molar-refractivity contribution in [2.24, 2.45) is 5.92 Å². The first kappa shape index (κ1) is 20.3. The minimum absolute atomic E-state index is 0.0220. The van der Waals surface area contributed by atoms with E-state index in [0.29, 0.717) is 23.7 Å². The number of nitrogens with zero attached hydrogens (tertiary/aromatic N) is 3. The molecular formula is C19H24F3N5O. The number of hydrogen-bond acceptors (Lipinski definition) is 4. The first-order valence-electron chi connectivity index (χ1n) is 9.31. The van der Waals surface area contributed by atoms with Gasteiger partial charge in [0.1, 0.15) is 0 Å². The summed E-state index contributed by atoms with van der Waals surface area (Å²) in [7, 11) is 0. The Kier molecular flexibility index (Phi) is 5.74. The van der Waals surface area contributed by atoms with Gasteiger partial charge in [-0.3, -0.25) is 4.79 Å². The Bertz CT molecular complexity index is 829. The van der Waals surface area contributed by atoms with E-state index in [2.05, 4.69) is 27.6 Å². The van der Waals surface area contributed by atoms with Gasteiger partial charge in [-0.2, -0.15) is 18.3 Å². The molecule has 1 saturated heterocycles. The molecule has 3 heterocycles. The Balaban J connectivity index is 1.88. The lowest BCUT2D eigenvalue weighted by Crippen LogP contribution is -2.50. The standard InChI is InChI=1S/C19H24F3N5O/c1-11(2)17-14(18(28)26-15-10-23-7-6-12(15)3)9-25-27(17)16-5-4-13(8-24-16)19(20,21)22/h4-5,8-9,11-12,15,23H,6-7,10H2,1-3H3,(H,26,28). The van der Waals surface area contributed by atoms with Crippen LogP contribution in [0.4, 0.5) is 13.2 Å². The molecule has 6 nitrogen and oxygen atoms in total. The molecule has 2 atom stereocenters. The SMILES string of the molecule is CC(C)c1c(C(=O)NC2CNCCC2C)cnn1-c1ccc(C(F)(F)F)cn1. The summed E-state index contributed by atoms with van der Waals surface area (Å²) >= 11 is 0. The molecule has 2 aromatic heterocycles. The van der Waals surface area contributed by atoms with Crippen LogP contribution in [0.1, 0.15) is 54.7 Å². The molecule has 1 aliphatic rings. The predicted octanol–water partition coefficient (Wildman–Crippen LogP) is 3.14. The fraction of sp³-hybridized carbons (Fsp3) is 0.526. The Hall–Kier alpha value is -2.42. The third kappa shape index (κ3) is 4.19. The lowest BCUT2D eigenvalue weighted by molar-refractivity contribution is -0.137. The molecule has 0 aliphatic carbocycles. The van der Waals surface area contributed by atoms with Crippen LogP contribution in [-0.4, -0.2) is 39.8 Å². The van der Waals surface area contributed by atoms with Gasteiger partial charge in [0, 0.05) is 18.8 Å². The van der Waals surface area contributed by atoms with E-state index in [9.17, 15) is 18.0 Å². The number of halogens is 3. The molecule has 2 N–H and O–H groups in total. The van der Waals surface area contributed by atoms with Gasteiger partial charge in [-0.25, -0.2) is 9.67 Å². The molecule has 9 heteroatoms. The fourth-order valence-electron chi connectivity index (χ4n) is 3.38. The Labute approximate surface area is 161 Å². The van der Waals surface area contributed by atoms with Crippen LogP contribution in [0.3, 0.4) is 0 Å². The second-order valence-electron chi connectivity index (χ2n) is 7.46. The highest BCUT2D eigenvalue weighted by Gasteiger charge is 2.31. The summed E-state index contributed by atoms with van der Waals surface area (Å²) in [5.41, 5.74) is 0.196. The van der Waals surface area contributed by atoms with E-state index in [1.54, 1.807) is 0 Å². The van der Waals surface area contributed by atoms with Crippen molar-refractivity contribution in [3.8, 4) is 5.82 Å². The minimum atomic E-state index is -4.45. The second-order valence-corrected chi connectivity index (χ2v) is 7.46. The van der Waals surface area contributed by atoms with Gasteiger partial charge in [-0.15, -0.1) is 0 Å². The maximum Gasteiger partial charge on any atom is 0.417 e. The summed E-state index contributed by atoms with van der Waals surface area (Å²) in [5, 5.41) is 10.5. The molecule has 0 bridgehead atoms. The number of piperidine rings is 1. The summed E-state index contributed by atoms with van der Waals surface area (Å²) in [6, 6.07) is 2.24. The van der Waals surface area contributed by atoms with Crippen molar-refractivity contribution in [2.45, 2.75) is 45.3 Å². The monoisotopic (exact) mass is 395 g/mol. The third-order valence-corrected chi connectivity index (χ3v) is 5.03. The van der Waals surface area contributed by atoms with Gasteiger partial charge in [-0.1, -0.05) is 20.8 Å². The molecule has 152 valence electrons. The predicted molar refractivity (Wildman–Crippen MR) is 98.4 cm³/mol. The van der Waals surface area contributed by atoms with Crippen LogP contribution in [-0.2, 0) is 6.18 Å². The quantitative estimate of drug-likeness (QED) is 0.834. The topological polar surface area (TPSA) is 71.8 Å². The van der Waals surface area contributed by atoms with E-state index in [1.807, 2.05) is 13.8 Å². The van der Waals surface area contributed by atoms with Crippen molar-refractivity contribution >= 4 is 5.91 Å². The molecule has 3 rings (SSSR count). The molecule has 1 fully saturated rings. The molecular weight excluding hydrogens is 371 g/mol. The summed E-state index contributed by atoms with van der Waals surface area (Å²) < 4.78 is 39.8. The maximum atomic E-state index is 12.9. The van der Waals surface area contributed by atoms with Crippen molar-refractivity contribution < 1.29 is 18.0 Å². The lowest BCUT2D eigenvalue weighted by Gasteiger charge is -2.30. The Morgan fingerprint density at radius 2 is 2.07 bits per heavy atom. The Morgan fingerprint density at radius 3 is 2.64 bits per heavy atom. The van der Waals surface area contributed by atoms with Gasteiger partial charge in [0.2, 0.25) is 0 Å². The van der Waals surface area contributed by atoms with E-state index in [1.165, 1.54) is 16.9 Å². The zero-order valence-corrected chi connectivity index (χ0v) is 16.0. The number of nitrogens with one attached hydrogen (secondary N) is 2. The van der Waals surface area contributed by atoms with Crippen molar-refractivity contribution in [3.63, 3.8) is 0 Å². The van der Waals surface area contributed by atoms with E-state index in [-0.39, 0.29) is 23.7 Å². The smallest absolute Gasteiger partial charge is 0.348 e. The minimum Gasteiger partial charge on any atom is -0.348 e. The van der Waals surface area contributed by atoms with Crippen molar-refractivity contribution in [1.82, 2.24) is 25.4 Å². The van der Waals surface area contributed by atoms with Crippen LogP contribution < -0.4 is 10.6 Å². The number of alkyl halides is 3. The van der Waals surface area contributed by atoms with Gasteiger partial charge in [0.05, 0.1) is 23.0 Å². The second kappa shape index (κ2) is 7.90. The van der Waals surface area contributed by atoms with Crippen molar-refractivity contribution in [3.05, 3.63) is 41.3 Å². The summed E-state index contributed by atoms with van der Waals surface area (Å²) in [6.07, 6.45) is -1.25. The number of amides is 1. The van der Waals surface area contributed by atoms with Gasteiger partial charge in [0.15, 0.2) is 5.82 Å². The fourth-order valence-corrected chi connectivity index (χ4v) is 3.38. The number of pyridine rings is 1. The van der Waals surface area contributed by atoms with Crippen molar-refractivity contribution in [1.29, 1.82) is 0 Å². The number of aromatic nitrogens is 3. The third-order valence-electron chi connectivity index (χ3n) is 5.03. The molecule has 28 heavy (non-hydrogen) atoms. The summed E-state index contributed by atoms with van der Waals surface area (Å²) in [5.74, 6) is 0.291. The van der Waals surface area contributed by atoms with Gasteiger partial charge in [0.25, 0.3) is 5.91 Å². The van der Waals surface area contributed by atoms with E-state index in [4.69, 9.17) is 0 Å². The zero-order valence-electron chi connectivity index (χ0n) is 16.0. The van der Waals surface area contributed by atoms with Crippen LogP contribution in [0.15, 0.2) is 24.5 Å². The van der Waals surface area contributed by atoms with E-state index in [0.717, 1.165) is 25.2 Å². The molecule has 0 saturated carbocycles. The number of carbonyl (C=O) groups excluding carboxylic acids is 1. The molecule has 0 radical (unpaired) electrons. The van der Waals surface area contributed by atoms with Crippen LogP contribution in [0, 0.1) is 5.92 Å². The van der Waals surface area contributed by atoms with E-state index >= 15 is 0 Å². The first-order chi connectivity index (χ1) is 13.2. The Morgan fingerprint density at radius 1 is 1.32 bits per heavy atom. The van der Waals surface area contributed by atoms with Gasteiger partial charge in [-0.05, 0) is 36.9 Å². The molecule has 0 aromatic carbocycles. The average molecular weight is 395 g/mol. The number of carbonyl (C=O) groups is 1. The number of rotatable bonds is 4. The molecule has 1 amide bonds. The van der Waals surface area contributed by atoms with Crippen LogP contribution in [0.5, 0.6) is 0 Å². The molecule has 1 aliphatic heterocycles. The van der Waals surface area contributed by atoms with Gasteiger partial charge >= 0.3 is 6.18 Å². The number of hydrogen-bond donors (Lipinski definition) is 2. The van der Waals surface area contributed by atoms with Crippen molar-refractivity contribution in [2.75, 3.05) is 13.1 Å². The van der Waals surface area contributed by atoms with Gasteiger partial charge < -0.3 is 10.6 Å². The van der Waals surface area contributed by atoms with Crippen LogP contribution in [0.25, 0.3) is 5.82 Å². The highest BCUT2D eigenvalue weighted by atomic mass is 19.4. The maximum absolute atomic E-state index is 12.9. The molecule has 0 spiro atoms. The molecule has 2 unspecified atom stereocenters. The highest BCUT2D eigenvalue weighted by molar-refractivity contribution is 5.95. The van der Waals surface area contributed by atoms with Crippen LogP contribution >= 0.6 is 0 Å². The van der Waals surface area contributed by atoms with E-state index < -0.39 is 11.7 Å². The normalized spacial score (nSPS) is 20.4. The highest BCUT2D eigenvalue weighted by Crippen LogP contribution is 2.29. The average Bonchev–Trinajstić information content (AvgIpc) is 3.08. The summed E-state index contributed by atoms with van der Waals surface area (Å²) in [6.45, 7) is 7.55. The lowest BCUT2D eigenvalue weighted by atomic mass is 9.94.